The van der Waals surface area contributed by atoms with Crippen LogP contribution in [0.5, 0.6) is 0 Å². The van der Waals surface area contributed by atoms with E-state index in [9.17, 15) is 4.79 Å². The first-order valence-electron chi connectivity index (χ1n) is 4.07. The summed E-state index contributed by atoms with van der Waals surface area (Å²) in [5.74, 6) is -0.0602. The van der Waals surface area contributed by atoms with Crippen LogP contribution in [0.4, 0.5) is 0 Å². The number of aryl methyl sites for hydroxylation is 1. The van der Waals surface area contributed by atoms with Crippen LogP contribution in [-0.4, -0.2) is 28.3 Å². The summed E-state index contributed by atoms with van der Waals surface area (Å²) in [6, 6.07) is 1.68. The van der Waals surface area contributed by atoms with Gasteiger partial charge in [-0.1, -0.05) is 0 Å². The van der Waals surface area contributed by atoms with Crippen molar-refractivity contribution in [1.29, 1.82) is 0 Å². The van der Waals surface area contributed by atoms with Gasteiger partial charge >= 0.3 is 0 Å². The number of hydrogen-bond donors (Lipinski definition) is 0. The minimum Gasteiger partial charge on any atom is -0.371 e. The van der Waals surface area contributed by atoms with Crippen molar-refractivity contribution < 1.29 is 9.53 Å². The van der Waals surface area contributed by atoms with E-state index in [-0.39, 0.29) is 5.78 Å². The summed E-state index contributed by atoms with van der Waals surface area (Å²) in [7, 11) is 3.26. The molecule has 0 fully saturated rings. The molecular weight excluding hydrogens is 168 g/mol. The van der Waals surface area contributed by atoms with Crippen molar-refractivity contribution in [3.8, 4) is 0 Å². The molecule has 0 bridgehead atoms. The SMILES string of the molecule is COC(C)(C)C(=O)c1ccnn1C. The predicted octanol–water partition coefficient (Wildman–Crippen LogP) is 1.03. The number of Topliss-reactive ketones (excluding diaryl/α,β-unsaturated/α-hetero) is 1. The summed E-state index contributed by atoms with van der Waals surface area (Å²) in [5, 5.41) is 3.93. The third-order valence-electron chi connectivity index (χ3n) is 2.11. The molecule has 0 aliphatic rings. The maximum Gasteiger partial charge on any atom is 0.211 e. The maximum absolute atomic E-state index is 11.8. The molecule has 0 saturated heterocycles. The molecule has 0 radical (unpaired) electrons. The number of methoxy groups -OCH3 is 1. The van der Waals surface area contributed by atoms with Crippen molar-refractivity contribution in [2.45, 2.75) is 19.4 Å². The minimum atomic E-state index is -0.784. The molecule has 0 aromatic carbocycles. The maximum atomic E-state index is 11.8. The Bertz CT molecular complexity index is 315. The molecule has 0 atom stereocenters. The molecule has 0 unspecified atom stereocenters. The van der Waals surface area contributed by atoms with Gasteiger partial charge in [-0.15, -0.1) is 0 Å². The summed E-state index contributed by atoms with van der Waals surface area (Å²) in [6.07, 6.45) is 1.60. The first-order chi connectivity index (χ1) is 5.99. The van der Waals surface area contributed by atoms with Gasteiger partial charge in [0.25, 0.3) is 0 Å². The van der Waals surface area contributed by atoms with Crippen LogP contribution in [-0.2, 0) is 11.8 Å². The standard InChI is InChI=1S/C9H14N2O2/c1-9(2,13-4)8(12)7-5-6-10-11(7)3/h5-6H,1-4H3. The van der Waals surface area contributed by atoms with Crippen molar-refractivity contribution in [2.75, 3.05) is 7.11 Å². The number of ketones is 1. The zero-order valence-corrected chi connectivity index (χ0v) is 8.37. The second-order valence-corrected chi connectivity index (χ2v) is 3.38. The number of nitrogens with zero attached hydrogens (tertiary/aromatic N) is 2. The second-order valence-electron chi connectivity index (χ2n) is 3.38. The number of carbonyl (C=O) groups excluding carboxylic acids is 1. The fraction of sp³-hybridized carbons (Fsp3) is 0.556. The topological polar surface area (TPSA) is 44.1 Å². The van der Waals surface area contributed by atoms with Crippen molar-refractivity contribution >= 4 is 5.78 Å². The highest BCUT2D eigenvalue weighted by Gasteiger charge is 2.29. The Labute approximate surface area is 77.5 Å². The minimum absolute atomic E-state index is 0.0602. The molecular formula is C9H14N2O2. The third kappa shape index (κ3) is 1.78. The van der Waals surface area contributed by atoms with E-state index >= 15 is 0 Å². The monoisotopic (exact) mass is 182 g/mol. The Morgan fingerprint density at radius 3 is 2.62 bits per heavy atom. The fourth-order valence-electron chi connectivity index (χ4n) is 0.998. The Morgan fingerprint density at radius 1 is 1.62 bits per heavy atom. The lowest BCUT2D eigenvalue weighted by Gasteiger charge is -2.20. The molecule has 0 spiro atoms. The highest BCUT2D eigenvalue weighted by molar-refractivity contribution is 6.00. The van der Waals surface area contributed by atoms with Gasteiger partial charge in [-0.2, -0.15) is 5.10 Å². The normalized spacial score (nSPS) is 11.7. The molecule has 1 aromatic heterocycles. The smallest absolute Gasteiger partial charge is 0.211 e. The molecule has 13 heavy (non-hydrogen) atoms. The summed E-state index contributed by atoms with van der Waals surface area (Å²) >= 11 is 0. The summed E-state index contributed by atoms with van der Waals surface area (Å²) < 4.78 is 6.63. The molecule has 4 nitrogen and oxygen atoms in total. The van der Waals surface area contributed by atoms with Crippen LogP contribution < -0.4 is 0 Å². The zero-order valence-electron chi connectivity index (χ0n) is 8.37. The van der Waals surface area contributed by atoms with E-state index in [2.05, 4.69) is 5.10 Å². The molecule has 1 heterocycles. The largest absolute Gasteiger partial charge is 0.371 e. The number of ether oxygens (including phenoxy) is 1. The van der Waals surface area contributed by atoms with E-state index in [0.29, 0.717) is 5.69 Å². The molecule has 0 aliphatic carbocycles. The van der Waals surface area contributed by atoms with Gasteiger partial charge in [0.1, 0.15) is 11.3 Å². The van der Waals surface area contributed by atoms with Gasteiger partial charge in [-0.3, -0.25) is 9.48 Å². The van der Waals surface area contributed by atoms with Crippen LogP contribution in [0.25, 0.3) is 0 Å². The lowest BCUT2D eigenvalue weighted by atomic mass is 10.0. The van der Waals surface area contributed by atoms with Gasteiger partial charge in [0, 0.05) is 20.4 Å². The van der Waals surface area contributed by atoms with Gasteiger partial charge in [0.15, 0.2) is 0 Å². The van der Waals surface area contributed by atoms with Crippen LogP contribution >= 0.6 is 0 Å². The van der Waals surface area contributed by atoms with Gasteiger partial charge in [0.2, 0.25) is 5.78 Å². The average molecular weight is 182 g/mol. The Morgan fingerprint density at radius 2 is 2.23 bits per heavy atom. The molecule has 4 heteroatoms. The summed E-state index contributed by atoms with van der Waals surface area (Å²) in [5.41, 5.74) is -0.222. The Balaban J connectivity index is 2.98. The highest BCUT2D eigenvalue weighted by Crippen LogP contribution is 2.15. The molecule has 0 N–H and O–H groups in total. The van der Waals surface area contributed by atoms with Gasteiger partial charge in [-0.25, -0.2) is 0 Å². The highest BCUT2D eigenvalue weighted by atomic mass is 16.5. The molecule has 0 saturated carbocycles. The molecule has 1 rings (SSSR count). The van der Waals surface area contributed by atoms with E-state index in [0.717, 1.165) is 0 Å². The molecule has 72 valence electrons. The summed E-state index contributed by atoms with van der Waals surface area (Å²) in [6.45, 7) is 3.48. The summed E-state index contributed by atoms with van der Waals surface area (Å²) in [4.78, 5) is 11.8. The van der Waals surface area contributed by atoms with Crippen LogP contribution in [0.1, 0.15) is 24.3 Å². The van der Waals surface area contributed by atoms with Crippen molar-refractivity contribution in [3.63, 3.8) is 0 Å². The first-order valence-corrected chi connectivity index (χ1v) is 4.07. The molecule has 1 aromatic rings. The quantitative estimate of drug-likeness (QED) is 0.656. The lowest BCUT2D eigenvalue weighted by Crippen LogP contribution is -2.35. The van der Waals surface area contributed by atoms with Gasteiger partial charge in [0.05, 0.1) is 0 Å². The lowest BCUT2D eigenvalue weighted by molar-refractivity contribution is 0.0219. The number of hydrogen-bond acceptors (Lipinski definition) is 3. The van der Waals surface area contributed by atoms with Crippen molar-refractivity contribution in [2.24, 2.45) is 7.05 Å². The Kier molecular flexibility index (Phi) is 2.52. The third-order valence-corrected chi connectivity index (χ3v) is 2.11. The van der Waals surface area contributed by atoms with E-state index in [4.69, 9.17) is 4.74 Å². The molecule has 0 aliphatic heterocycles. The average Bonchev–Trinajstić information content (AvgIpc) is 2.50. The van der Waals surface area contributed by atoms with E-state index in [1.54, 1.807) is 37.8 Å². The van der Waals surface area contributed by atoms with Crippen LogP contribution in [0.15, 0.2) is 12.3 Å². The van der Waals surface area contributed by atoms with E-state index < -0.39 is 5.60 Å². The van der Waals surface area contributed by atoms with Crippen LogP contribution in [0.3, 0.4) is 0 Å². The Hall–Kier alpha value is -1.16. The van der Waals surface area contributed by atoms with E-state index in [1.807, 2.05) is 0 Å². The number of carbonyl (C=O) groups is 1. The van der Waals surface area contributed by atoms with E-state index in [1.165, 1.54) is 7.11 Å². The van der Waals surface area contributed by atoms with Crippen molar-refractivity contribution in [1.82, 2.24) is 9.78 Å². The number of rotatable bonds is 3. The van der Waals surface area contributed by atoms with Crippen LogP contribution in [0, 0.1) is 0 Å². The predicted molar refractivity (Wildman–Crippen MR) is 48.6 cm³/mol. The van der Waals surface area contributed by atoms with Gasteiger partial charge < -0.3 is 4.74 Å². The second kappa shape index (κ2) is 3.30. The van der Waals surface area contributed by atoms with Crippen molar-refractivity contribution in [3.05, 3.63) is 18.0 Å². The fourth-order valence-corrected chi connectivity index (χ4v) is 0.998. The van der Waals surface area contributed by atoms with Gasteiger partial charge in [-0.05, 0) is 19.9 Å². The molecule has 0 amide bonds. The number of aromatic nitrogens is 2. The van der Waals surface area contributed by atoms with Crippen LogP contribution in [0.2, 0.25) is 0 Å². The zero-order chi connectivity index (χ0) is 10.1. The first kappa shape index (κ1) is 9.92.